The molecular formula is C46H54ClF2N5O16. The number of aryl methyl sites for hydroxylation is 1. The summed E-state index contributed by atoms with van der Waals surface area (Å²) >= 11 is 5.91. The van der Waals surface area contributed by atoms with Gasteiger partial charge in [0.1, 0.15) is 37.3 Å². The molecule has 1 aliphatic carbocycles. The maximum absolute atomic E-state index is 15.2. The molecule has 380 valence electrons. The predicted molar refractivity (Wildman–Crippen MR) is 241 cm³/mol. The van der Waals surface area contributed by atoms with E-state index in [1.165, 1.54) is 0 Å². The van der Waals surface area contributed by atoms with Crippen LogP contribution in [0, 0.1) is 38.8 Å². The first-order chi connectivity index (χ1) is 33.8. The van der Waals surface area contributed by atoms with Gasteiger partial charge in [-0.25, -0.2) is 23.4 Å². The molecule has 3 heterocycles. The Morgan fingerprint density at radius 1 is 0.771 bits per heavy atom. The van der Waals surface area contributed by atoms with Crippen molar-refractivity contribution in [2.75, 3.05) is 72.7 Å². The van der Waals surface area contributed by atoms with Gasteiger partial charge < -0.3 is 47.7 Å². The summed E-state index contributed by atoms with van der Waals surface area (Å²) < 4.78 is 65.6. The van der Waals surface area contributed by atoms with Gasteiger partial charge in [0.25, 0.3) is 16.1 Å². The fraction of sp³-hybridized carbons (Fsp3) is 0.522. The summed E-state index contributed by atoms with van der Waals surface area (Å²) in [6.07, 6.45) is 4.55. The quantitative estimate of drug-likeness (QED) is 0.0223. The zero-order valence-corrected chi connectivity index (χ0v) is 39.2. The van der Waals surface area contributed by atoms with E-state index in [4.69, 9.17) is 44.8 Å². The van der Waals surface area contributed by atoms with E-state index in [0.29, 0.717) is 55.5 Å². The van der Waals surface area contributed by atoms with Crippen molar-refractivity contribution in [3.63, 3.8) is 0 Å². The van der Waals surface area contributed by atoms with Gasteiger partial charge in [0.2, 0.25) is 5.88 Å². The van der Waals surface area contributed by atoms with Crippen LogP contribution in [0.4, 0.5) is 18.4 Å². The van der Waals surface area contributed by atoms with Crippen molar-refractivity contribution in [1.82, 2.24) is 14.8 Å². The van der Waals surface area contributed by atoms with Gasteiger partial charge in [-0.15, -0.1) is 20.2 Å². The van der Waals surface area contributed by atoms with Crippen molar-refractivity contribution in [1.29, 1.82) is 0 Å². The molecule has 6 rings (SSSR count). The van der Waals surface area contributed by atoms with Crippen LogP contribution in [0.25, 0.3) is 5.57 Å². The van der Waals surface area contributed by atoms with E-state index >= 15 is 4.79 Å². The largest absolute Gasteiger partial charge is 0.508 e. The summed E-state index contributed by atoms with van der Waals surface area (Å²) in [6, 6.07) is 10.6. The summed E-state index contributed by atoms with van der Waals surface area (Å²) in [7, 11) is 0. The Morgan fingerprint density at radius 2 is 1.41 bits per heavy atom. The molecule has 2 fully saturated rings. The van der Waals surface area contributed by atoms with Gasteiger partial charge in [-0.2, -0.15) is 0 Å². The highest BCUT2D eigenvalue weighted by Crippen LogP contribution is 2.45. The van der Waals surface area contributed by atoms with Crippen LogP contribution in [0.15, 0.2) is 54.2 Å². The predicted octanol–water partition coefficient (Wildman–Crippen LogP) is 7.02. The molecule has 0 spiro atoms. The van der Waals surface area contributed by atoms with Crippen LogP contribution in [0.2, 0.25) is 5.02 Å². The molecule has 1 saturated carbocycles. The van der Waals surface area contributed by atoms with Gasteiger partial charge in [0.05, 0.1) is 52.3 Å². The summed E-state index contributed by atoms with van der Waals surface area (Å²) in [5, 5.41) is 18.3. The third kappa shape index (κ3) is 15.2. The Hall–Kier alpha value is -6.59. The van der Waals surface area contributed by atoms with Gasteiger partial charge in [0.15, 0.2) is 11.6 Å². The van der Waals surface area contributed by atoms with E-state index in [-0.39, 0.29) is 103 Å². The van der Waals surface area contributed by atoms with Gasteiger partial charge in [-0.3, -0.25) is 9.69 Å². The number of hydrogen-bond donors (Lipinski definition) is 0. The van der Waals surface area contributed by atoms with Crippen molar-refractivity contribution >= 4 is 35.3 Å². The number of carbonyl (C=O) groups excluding carboxylic acids is 3. The molecule has 70 heavy (non-hydrogen) atoms. The third-order valence-corrected chi connectivity index (χ3v) is 11.9. The van der Waals surface area contributed by atoms with Crippen molar-refractivity contribution in [2.24, 2.45) is 0 Å². The number of amides is 2. The summed E-state index contributed by atoms with van der Waals surface area (Å²) in [5.41, 5.74) is 4.60. The average Bonchev–Trinajstić information content (AvgIpc) is 4.13. The topological polar surface area (TPSA) is 240 Å². The highest BCUT2D eigenvalue weighted by Gasteiger charge is 2.49. The lowest BCUT2D eigenvalue weighted by Crippen LogP contribution is -2.49. The highest BCUT2D eigenvalue weighted by atomic mass is 35.5. The Kier molecular flexibility index (Phi) is 19.9. The normalized spacial score (nSPS) is 16.1. The van der Waals surface area contributed by atoms with Crippen molar-refractivity contribution < 1.29 is 76.2 Å². The van der Waals surface area contributed by atoms with E-state index in [0.717, 1.165) is 47.2 Å². The van der Waals surface area contributed by atoms with Crippen LogP contribution in [-0.2, 0) is 51.1 Å². The molecule has 2 aromatic carbocycles. The van der Waals surface area contributed by atoms with E-state index in [1.54, 1.807) is 11.1 Å². The second-order valence-corrected chi connectivity index (χ2v) is 16.6. The maximum atomic E-state index is 15.2. The van der Waals surface area contributed by atoms with E-state index in [9.17, 15) is 38.6 Å². The molecular weight excluding hydrogens is 952 g/mol. The van der Waals surface area contributed by atoms with E-state index in [2.05, 4.69) is 14.7 Å². The third-order valence-electron chi connectivity index (χ3n) is 11.6. The first kappa shape index (κ1) is 52.8. The van der Waals surface area contributed by atoms with Gasteiger partial charge in [-0.1, -0.05) is 35.9 Å². The first-order valence-corrected chi connectivity index (χ1v) is 23.1. The molecule has 21 nitrogen and oxygen atoms in total. The molecule has 1 saturated heterocycles. The highest BCUT2D eigenvalue weighted by molar-refractivity contribution is 6.32. The molecule has 0 radical (unpaired) electrons. The second-order valence-electron chi connectivity index (χ2n) is 16.2. The van der Waals surface area contributed by atoms with Crippen LogP contribution < -0.4 is 9.47 Å². The van der Waals surface area contributed by atoms with Gasteiger partial charge >= 0.3 is 12.2 Å². The summed E-state index contributed by atoms with van der Waals surface area (Å²) in [4.78, 5) is 77.7. The minimum Gasteiger partial charge on any atom is -0.489 e. The molecule has 3 aliphatic rings. The van der Waals surface area contributed by atoms with Gasteiger partial charge in [-0.05, 0) is 92.3 Å². The monoisotopic (exact) mass is 1010 g/mol. The zero-order valence-electron chi connectivity index (χ0n) is 38.4. The number of rotatable bonds is 29. The molecule has 1 aromatic heterocycles. The fourth-order valence-electron chi connectivity index (χ4n) is 8.08. The van der Waals surface area contributed by atoms with Crippen LogP contribution >= 0.6 is 11.6 Å². The fourth-order valence-corrected chi connectivity index (χ4v) is 8.29. The van der Waals surface area contributed by atoms with E-state index in [1.807, 2.05) is 42.2 Å². The van der Waals surface area contributed by atoms with Crippen LogP contribution in [0.5, 0.6) is 11.6 Å². The SMILES string of the molecule is Cc1c(CN(C(=O)C2=C(c3ccc(CCCOc4c(F)ccc(F)c4Cl)cc3)CC3CCC2N3C(=O)OCCOCCO[N+](=O)[O-])C2CC2)ccnc1OCCCOC(=O)OCCOCCO[N+](=O)[O-]. The van der Waals surface area contributed by atoms with Crippen LogP contribution in [0.3, 0.4) is 0 Å². The number of halogens is 3. The Balaban J connectivity index is 1.11. The average molecular weight is 1010 g/mol. The van der Waals surface area contributed by atoms with Crippen molar-refractivity contribution in [3.05, 3.63) is 113 Å². The number of benzene rings is 2. The second kappa shape index (κ2) is 26.4. The zero-order chi connectivity index (χ0) is 50.0. The first-order valence-electron chi connectivity index (χ1n) is 22.7. The Morgan fingerprint density at radius 3 is 2.10 bits per heavy atom. The molecule has 2 aliphatic heterocycles. The summed E-state index contributed by atoms with van der Waals surface area (Å²) in [5.74, 6) is -1.74. The number of fused-ring (bicyclic) bond motifs is 2. The molecule has 2 unspecified atom stereocenters. The standard InChI is InChI=1S/C46H54ClF2N5O16/c1-30-33(15-16-50-43(30)65-18-3-19-67-46(57)68-25-21-63-23-27-70-54(60)61)29-51(34-9-10-34)44(55)40-36(28-35-11-14-39(40)52(35)45(56)66-24-20-62-22-26-69-53(58)59)32-7-5-31(6-8-32)4-2-17-64-42-38(49)13-12-37(48)41(42)47/h5-8,12-13,15-16,34-35,39H,2-4,9-11,14,17-29H2,1H3. The Labute approximate surface area is 406 Å². The molecule has 2 amide bonds. The lowest BCUT2D eigenvalue weighted by molar-refractivity contribution is -0.758. The number of nitrogens with zero attached hydrogens (tertiary/aromatic N) is 5. The lowest BCUT2D eigenvalue weighted by Gasteiger charge is -2.38. The smallest absolute Gasteiger partial charge is 0.489 e. The number of carbonyl (C=O) groups is 3. The minimum absolute atomic E-state index is 0.000493. The lowest BCUT2D eigenvalue weighted by atomic mass is 9.87. The number of pyridine rings is 1. The van der Waals surface area contributed by atoms with Gasteiger partial charge in [0, 0.05) is 42.4 Å². The minimum atomic E-state index is -0.934. The van der Waals surface area contributed by atoms with Crippen molar-refractivity contribution in [2.45, 2.75) is 83.0 Å². The number of hydrogen-bond acceptors (Lipinski definition) is 17. The maximum Gasteiger partial charge on any atom is 0.508 e. The molecule has 0 N–H and O–H groups in total. The Bertz CT molecular complexity index is 2320. The van der Waals surface area contributed by atoms with Crippen LogP contribution in [-0.4, -0.2) is 134 Å². The number of ether oxygens (including phenoxy) is 7. The molecule has 2 bridgehead atoms. The molecule has 3 aromatic rings. The summed E-state index contributed by atoms with van der Waals surface area (Å²) in [6.45, 7) is 1.43. The van der Waals surface area contributed by atoms with E-state index < -0.39 is 45.1 Å². The number of aromatic nitrogens is 1. The molecule has 24 heteroatoms. The van der Waals surface area contributed by atoms with Crippen molar-refractivity contribution in [3.8, 4) is 11.6 Å². The van der Waals surface area contributed by atoms with Crippen LogP contribution in [0.1, 0.15) is 67.2 Å². The molecule has 2 atom stereocenters.